The van der Waals surface area contributed by atoms with Crippen LogP contribution in [-0.2, 0) is 6.61 Å². The number of anilines is 1. The molecule has 0 saturated heterocycles. The first kappa shape index (κ1) is 22.3. The smallest absolute Gasteiger partial charge is 0.270 e. The summed E-state index contributed by atoms with van der Waals surface area (Å²) in [4.78, 5) is 19.2. The lowest BCUT2D eigenvalue weighted by Gasteiger charge is -2.11. The minimum Gasteiger partial charge on any atom is -0.493 e. The lowest BCUT2D eigenvalue weighted by Crippen LogP contribution is -2.16. The fourth-order valence-electron chi connectivity index (χ4n) is 3.22. The zero-order valence-corrected chi connectivity index (χ0v) is 18.4. The van der Waals surface area contributed by atoms with Gasteiger partial charge < -0.3 is 9.47 Å². The summed E-state index contributed by atoms with van der Waals surface area (Å²) in [7, 11) is 1.57. The standard InChI is InChI=1S/C26H21N5O3/c1-33-23-14-19(12-13-22(23)34-17-18-8-4-2-5-9-18)16-28-31-26-29-24(20-10-6-3-7-11-20)21(15-27)25(32)30-26/h2-14,16H,17H2,1H3,(H2,29,30,31,32). The SMILES string of the molecule is COc1cc(C=NNc2nc(-c3ccccc3)c(C#N)c(=O)[nH]2)ccc1OCc1ccccc1. The number of hydrazone groups is 1. The van der Waals surface area contributed by atoms with E-state index in [-0.39, 0.29) is 17.2 Å². The maximum Gasteiger partial charge on any atom is 0.270 e. The normalized spacial score (nSPS) is 10.6. The molecular weight excluding hydrogens is 430 g/mol. The summed E-state index contributed by atoms with van der Waals surface area (Å²) in [5, 5.41) is 13.5. The molecule has 1 aromatic heterocycles. The van der Waals surface area contributed by atoms with Gasteiger partial charge in [0.2, 0.25) is 5.95 Å². The number of aromatic amines is 1. The average Bonchev–Trinajstić information content (AvgIpc) is 2.88. The number of benzene rings is 3. The van der Waals surface area contributed by atoms with Crippen molar-refractivity contribution in [2.24, 2.45) is 5.10 Å². The number of H-pyrrole nitrogens is 1. The van der Waals surface area contributed by atoms with Crippen LogP contribution in [0.15, 0.2) is 88.8 Å². The second-order valence-electron chi connectivity index (χ2n) is 7.17. The van der Waals surface area contributed by atoms with Gasteiger partial charge in [0.05, 0.1) is 19.0 Å². The Bertz CT molecular complexity index is 1390. The Balaban J connectivity index is 1.49. The molecule has 4 rings (SSSR count). The van der Waals surface area contributed by atoms with Gasteiger partial charge in [-0.3, -0.25) is 9.78 Å². The molecule has 4 aromatic rings. The van der Waals surface area contributed by atoms with Crippen molar-refractivity contribution in [2.45, 2.75) is 6.61 Å². The third-order valence-electron chi connectivity index (χ3n) is 4.89. The molecular formula is C26H21N5O3. The van der Waals surface area contributed by atoms with Crippen LogP contribution in [-0.4, -0.2) is 23.3 Å². The first-order valence-electron chi connectivity index (χ1n) is 10.4. The number of ether oxygens (including phenoxy) is 2. The van der Waals surface area contributed by atoms with E-state index in [4.69, 9.17) is 9.47 Å². The van der Waals surface area contributed by atoms with Gasteiger partial charge in [0, 0.05) is 5.56 Å². The third kappa shape index (κ3) is 5.29. The number of nitrogens with zero attached hydrogens (tertiary/aromatic N) is 3. The second kappa shape index (κ2) is 10.6. The first-order chi connectivity index (χ1) is 16.7. The highest BCUT2D eigenvalue weighted by Gasteiger charge is 2.13. The van der Waals surface area contributed by atoms with Gasteiger partial charge in [-0.2, -0.15) is 10.4 Å². The van der Waals surface area contributed by atoms with Crippen LogP contribution in [0.1, 0.15) is 16.7 Å². The molecule has 0 fully saturated rings. The van der Waals surface area contributed by atoms with Gasteiger partial charge in [0.15, 0.2) is 11.5 Å². The summed E-state index contributed by atoms with van der Waals surface area (Å²) in [6.45, 7) is 0.424. The topological polar surface area (TPSA) is 112 Å². The van der Waals surface area contributed by atoms with Crippen LogP contribution in [0.4, 0.5) is 5.95 Å². The summed E-state index contributed by atoms with van der Waals surface area (Å²) in [5.41, 5.74) is 4.85. The molecule has 0 aliphatic rings. The van der Waals surface area contributed by atoms with Gasteiger partial charge in [-0.05, 0) is 29.3 Å². The largest absolute Gasteiger partial charge is 0.493 e. The van der Waals surface area contributed by atoms with Crippen LogP contribution >= 0.6 is 0 Å². The fraction of sp³-hybridized carbons (Fsp3) is 0.0769. The first-order valence-corrected chi connectivity index (χ1v) is 10.4. The van der Waals surface area contributed by atoms with E-state index in [9.17, 15) is 10.1 Å². The highest BCUT2D eigenvalue weighted by atomic mass is 16.5. The van der Waals surface area contributed by atoms with Gasteiger partial charge >= 0.3 is 0 Å². The predicted molar refractivity (Wildman–Crippen MR) is 130 cm³/mol. The molecule has 0 amide bonds. The Morgan fingerprint density at radius 1 is 1.06 bits per heavy atom. The van der Waals surface area contributed by atoms with Crippen molar-refractivity contribution in [1.29, 1.82) is 5.26 Å². The van der Waals surface area contributed by atoms with Crippen LogP contribution < -0.4 is 20.5 Å². The Labute approximate surface area is 196 Å². The highest BCUT2D eigenvalue weighted by Crippen LogP contribution is 2.28. The number of hydrogen-bond donors (Lipinski definition) is 2. The second-order valence-corrected chi connectivity index (χ2v) is 7.17. The van der Waals surface area contributed by atoms with E-state index in [2.05, 4.69) is 20.5 Å². The Morgan fingerprint density at radius 3 is 2.50 bits per heavy atom. The van der Waals surface area contributed by atoms with Crippen LogP contribution in [0.2, 0.25) is 0 Å². The maximum atomic E-state index is 12.3. The van der Waals surface area contributed by atoms with Crippen LogP contribution in [0.25, 0.3) is 11.3 Å². The summed E-state index contributed by atoms with van der Waals surface area (Å²) < 4.78 is 11.3. The Morgan fingerprint density at radius 2 is 1.79 bits per heavy atom. The number of aromatic nitrogens is 2. The van der Waals surface area contributed by atoms with Crippen molar-refractivity contribution in [3.8, 4) is 28.8 Å². The van der Waals surface area contributed by atoms with E-state index in [0.717, 1.165) is 11.1 Å². The van der Waals surface area contributed by atoms with Gasteiger partial charge in [-0.15, -0.1) is 0 Å². The van der Waals surface area contributed by atoms with Gasteiger partial charge in [-0.1, -0.05) is 60.7 Å². The molecule has 0 unspecified atom stereocenters. The Kier molecular flexibility index (Phi) is 6.96. The molecule has 0 aliphatic heterocycles. The monoisotopic (exact) mass is 451 g/mol. The van der Waals surface area contributed by atoms with Gasteiger partial charge in [0.1, 0.15) is 18.2 Å². The van der Waals surface area contributed by atoms with Crippen molar-refractivity contribution in [3.05, 3.63) is 106 Å². The number of nitrogens with one attached hydrogen (secondary N) is 2. The van der Waals surface area contributed by atoms with Crippen LogP contribution in [0.3, 0.4) is 0 Å². The quantitative estimate of drug-likeness (QED) is 0.304. The molecule has 0 saturated carbocycles. The lowest BCUT2D eigenvalue weighted by molar-refractivity contribution is 0.284. The van der Waals surface area contributed by atoms with Crippen LogP contribution in [0.5, 0.6) is 11.5 Å². The zero-order chi connectivity index (χ0) is 23.8. The van der Waals surface area contributed by atoms with Crippen molar-refractivity contribution in [3.63, 3.8) is 0 Å². The average molecular weight is 451 g/mol. The molecule has 3 aromatic carbocycles. The van der Waals surface area contributed by atoms with Crippen LogP contribution in [0, 0.1) is 11.3 Å². The molecule has 0 bridgehead atoms. The summed E-state index contributed by atoms with van der Waals surface area (Å²) in [6, 6.07) is 26.2. The van der Waals surface area contributed by atoms with E-state index in [1.807, 2.05) is 60.7 Å². The van der Waals surface area contributed by atoms with E-state index < -0.39 is 5.56 Å². The highest BCUT2D eigenvalue weighted by molar-refractivity contribution is 5.81. The van der Waals surface area contributed by atoms with E-state index in [1.54, 1.807) is 37.6 Å². The van der Waals surface area contributed by atoms with Crippen molar-refractivity contribution >= 4 is 12.2 Å². The molecule has 8 nitrogen and oxygen atoms in total. The predicted octanol–water partition coefficient (Wildman–Crippen LogP) is 4.34. The zero-order valence-electron chi connectivity index (χ0n) is 18.4. The van der Waals surface area contributed by atoms with E-state index in [1.165, 1.54) is 0 Å². The number of nitriles is 1. The van der Waals surface area contributed by atoms with E-state index >= 15 is 0 Å². The molecule has 1 heterocycles. The van der Waals surface area contributed by atoms with Crippen molar-refractivity contribution in [1.82, 2.24) is 9.97 Å². The summed E-state index contributed by atoms with van der Waals surface area (Å²) in [6.07, 6.45) is 1.56. The van der Waals surface area contributed by atoms with Gasteiger partial charge in [0.25, 0.3) is 5.56 Å². The molecule has 0 atom stereocenters. The molecule has 2 N–H and O–H groups in total. The van der Waals surface area contributed by atoms with Crippen molar-refractivity contribution in [2.75, 3.05) is 12.5 Å². The molecule has 0 radical (unpaired) electrons. The lowest BCUT2D eigenvalue weighted by atomic mass is 10.1. The van der Waals surface area contributed by atoms with Crippen molar-refractivity contribution < 1.29 is 9.47 Å². The minimum atomic E-state index is -0.546. The fourth-order valence-corrected chi connectivity index (χ4v) is 3.22. The van der Waals surface area contributed by atoms with Gasteiger partial charge in [-0.25, -0.2) is 10.4 Å². The molecule has 8 heteroatoms. The minimum absolute atomic E-state index is 0.0587. The number of methoxy groups -OCH3 is 1. The molecule has 0 spiro atoms. The molecule has 168 valence electrons. The summed E-state index contributed by atoms with van der Waals surface area (Å²) >= 11 is 0. The molecule has 34 heavy (non-hydrogen) atoms. The number of hydrogen-bond acceptors (Lipinski definition) is 7. The third-order valence-corrected chi connectivity index (χ3v) is 4.89. The molecule has 0 aliphatic carbocycles. The number of rotatable bonds is 8. The maximum absolute atomic E-state index is 12.3. The summed E-state index contributed by atoms with van der Waals surface area (Å²) in [5.74, 6) is 1.30. The Hall–Kier alpha value is -4.90. The van der Waals surface area contributed by atoms with E-state index in [0.29, 0.717) is 23.7 Å².